The highest BCUT2D eigenvalue weighted by atomic mass is 79.9. The maximum Gasteiger partial charge on any atom is 0.338 e. The van der Waals surface area contributed by atoms with Gasteiger partial charge < -0.3 is 4.74 Å². The van der Waals surface area contributed by atoms with Gasteiger partial charge in [-0.2, -0.15) is 0 Å². The Labute approximate surface area is 182 Å². The number of hydrogen-bond acceptors (Lipinski definition) is 4. The molecule has 5 rings (SSSR count). The highest BCUT2D eigenvalue weighted by Crippen LogP contribution is 2.55. The molecule has 4 atom stereocenters. The van der Waals surface area contributed by atoms with E-state index in [1.165, 1.54) is 10.5 Å². The number of halogens is 1. The minimum Gasteiger partial charge on any atom is -0.457 e. The third-order valence-electron chi connectivity index (χ3n) is 6.53. The number of imide groups is 1. The zero-order chi connectivity index (χ0) is 21.0. The number of anilines is 1. The van der Waals surface area contributed by atoms with Gasteiger partial charge in [0.2, 0.25) is 11.8 Å². The molecule has 2 aliphatic carbocycles. The van der Waals surface area contributed by atoms with Crippen LogP contribution in [0.2, 0.25) is 0 Å². The lowest BCUT2D eigenvalue weighted by molar-refractivity contribution is -0.123. The number of hydrogen-bond donors (Lipinski definition) is 0. The van der Waals surface area contributed by atoms with Crippen LogP contribution in [-0.4, -0.2) is 17.8 Å². The van der Waals surface area contributed by atoms with E-state index in [4.69, 9.17) is 4.74 Å². The zero-order valence-corrected chi connectivity index (χ0v) is 18.0. The summed E-state index contributed by atoms with van der Waals surface area (Å²) in [5.41, 5.74) is 3.02. The third-order valence-corrected chi connectivity index (χ3v) is 7.05. The first-order valence-corrected chi connectivity index (χ1v) is 10.8. The molecule has 3 aliphatic rings. The van der Waals surface area contributed by atoms with Crippen molar-refractivity contribution >= 4 is 39.4 Å². The molecule has 30 heavy (non-hydrogen) atoms. The second kappa shape index (κ2) is 7.20. The minimum atomic E-state index is -0.446. The first-order chi connectivity index (χ1) is 14.4. The Morgan fingerprint density at radius 1 is 1.03 bits per heavy atom. The van der Waals surface area contributed by atoms with E-state index in [1.807, 2.05) is 24.3 Å². The van der Waals surface area contributed by atoms with Crippen LogP contribution in [-0.2, 0) is 20.9 Å². The summed E-state index contributed by atoms with van der Waals surface area (Å²) in [6, 6.07) is 14.0. The predicted molar refractivity (Wildman–Crippen MR) is 115 cm³/mol. The number of carbonyl (C=O) groups is 3. The quantitative estimate of drug-likeness (QED) is 0.378. The lowest BCUT2D eigenvalue weighted by Gasteiger charge is -2.19. The second-order valence-electron chi connectivity index (χ2n) is 8.23. The molecule has 6 heteroatoms. The summed E-state index contributed by atoms with van der Waals surface area (Å²) in [5.74, 6) is -0.783. The summed E-state index contributed by atoms with van der Waals surface area (Å²) in [6.45, 7) is 2.23. The minimum absolute atomic E-state index is 0.115. The molecule has 1 heterocycles. The second-order valence-corrected chi connectivity index (χ2v) is 9.15. The fourth-order valence-corrected chi connectivity index (χ4v) is 5.35. The van der Waals surface area contributed by atoms with Crippen LogP contribution in [0.3, 0.4) is 0 Å². The Bertz CT molecular complexity index is 1070. The molecule has 1 saturated heterocycles. The van der Waals surface area contributed by atoms with Crippen molar-refractivity contribution in [2.45, 2.75) is 20.0 Å². The molecule has 0 radical (unpaired) electrons. The van der Waals surface area contributed by atoms with Crippen molar-refractivity contribution in [1.29, 1.82) is 0 Å². The van der Waals surface area contributed by atoms with Crippen molar-refractivity contribution in [2.24, 2.45) is 23.7 Å². The van der Waals surface area contributed by atoms with E-state index in [0.717, 1.165) is 16.5 Å². The average molecular weight is 466 g/mol. The van der Waals surface area contributed by atoms with Crippen molar-refractivity contribution in [2.75, 3.05) is 4.90 Å². The van der Waals surface area contributed by atoms with Crippen LogP contribution >= 0.6 is 15.9 Å². The number of benzene rings is 2. The maximum absolute atomic E-state index is 13.0. The van der Waals surface area contributed by atoms with Gasteiger partial charge in [0.05, 0.1) is 23.1 Å². The summed E-state index contributed by atoms with van der Waals surface area (Å²) >= 11 is 3.37. The number of allylic oxidation sites excluding steroid dienone is 2. The molecule has 0 aromatic heterocycles. The monoisotopic (exact) mass is 465 g/mol. The van der Waals surface area contributed by atoms with Crippen LogP contribution in [0, 0.1) is 23.7 Å². The van der Waals surface area contributed by atoms with Crippen LogP contribution < -0.4 is 4.90 Å². The number of rotatable bonds is 4. The van der Waals surface area contributed by atoms with E-state index < -0.39 is 5.97 Å². The number of carbonyl (C=O) groups excluding carboxylic acids is 3. The van der Waals surface area contributed by atoms with E-state index >= 15 is 0 Å². The maximum atomic E-state index is 13.0. The topological polar surface area (TPSA) is 63.7 Å². The first kappa shape index (κ1) is 19.2. The number of nitrogens with zero attached hydrogens (tertiary/aromatic N) is 1. The lowest BCUT2D eigenvalue weighted by atomic mass is 9.82. The smallest absolute Gasteiger partial charge is 0.338 e. The summed E-state index contributed by atoms with van der Waals surface area (Å²) in [6.07, 6.45) is 3.07. The van der Waals surface area contributed by atoms with Crippen LogP contribution in [0.4, 0.5) is 5.69 Å². The molecule has 1 saturated carbocycles. The fourth-order valence-electron chi connectivity index (χ4n) is 5.09. The first-order valence-electron chi connectivity index (χ1n) is 10.0. The molecule has 5 nitrogen and oxygen atoms in total. The third kappa shape index (κ3) is 3.01. The van der Waals surface area contributed by atoms with Crippen molar-refractivity contribution < 1.29 is 19.1 Å². The lowest BCUT2D eigenvalue weighted by Crippen LogP contribution is -2.32. The zero-order valence-electron chi connectivity index (χ0n) is 16.4. The van der Waals surface area contributed by atoms with Gasteiger partial charge in [0.1, 0.15) is 6.61 Å². The Morgan fingerprint density at radius 2 is 1.70 bits per heavy atom. The molecule has 0 N–H and O–H groups in total. The summed E-state index contributed by atoms with van der Waals surface area (Å²) in [5, 5.41) is 0. The largest absolute Gasteiger partial charge is 0.457 e. The summed E-state index contributed by atoms with van der Waals surface area (Å²) in [4.78, 5) is 39.6. The number of fused-ring (bicyclic) bond motifs is 5. The van der Waals surface area contributed by atoms with Crippen LogP contribution in [0.25, 0.3) is 0 Å². The van der Waals surface area contributed by atoms with E-state index in [9.17, 15) is 14.4 Å². The molecule has 1 aliphatic heterocycles. The van der Waals surface area contributed by atoms with Gasteiger partial charge in [0.25, 0.3) is 0 Å². The van der Waals surface area contributed by atoms with Crippen molar-refractivity contribution in [3.05, 3.63) is 75.8 Å². The van der Waals surface area contributed by atoms with E-state index in [-0.39, 0.29) is 42.1 Å². The van der Waals surface area contributed by atoms with Crippen LogP contribution in [0.1, 0.15) is 29.3 Å². The van der Waals surface area contributed by atoms with E-state index in [2.05, 4.69) is 28.9 Å². The summed E-state index contributed by atoms with van der Waals surface area (Å²) in [7, 11) is 0. The van der Waals surface area contributed by atoms with Gasteiger partial charge in [-0.3, -0.25) is 14.5 Å². The van der Waals surface area contributed by atoms with Crippen molar-refractivity contribution in [3.8, 4) is 0 Å². The van der Waals surface area contributed by atoms with Crippen LogP contribution in [0.15, 0.2) is 64.7 Å². The molecular formula is C24H20BrNO4. The molecule has 2 amide bonds. The average Bonchev–Trinajstić information content (AvgIpc) is 3.38. The van der Waals surface area contributed by atoms with Gasteiger partial charge in [0.15, 0.2) is 0 Å². The van der Waals surface area contributed by atoms with Gasteiger partial charge in [-0.05, 0) is 67.1 Å². The SMILES string of the molecule is CC1=C[C@@H]2C[C@@H]1[C@H]1C(=O)N(c3ccc(C(=O)OCc4ccc(Br)cc4)cc3)C(=O)[C@@H]12. The Hall–Kier alpha value is -2.73. The van der Waals surface area contributed by atoms with Gasteiger partial charge >= 0.3 is 5.97 Å². The Kier molecular flexibility index (Phi) is 4.62. The Balaban J connectivity index is 1.28. The molecule has 152 valence electrons. The van der Waals surface area contributed by atoms with Gasteiger partial charge in [-0.25, -0.2) is 4.79 Å². The van der Waals surface area contributed by atoms with E-state index in [1.54, 1.807) is 24.3 Å². The molecule has 2 aromatic rings. The highest BCUT2D eigenvalue weighted by Gasteiger charge is 2.60. The molecule has 2 bridgehead atoms. The number of esters is 1. The van der Waals surface area contributed by atoms with Crippen LogP contribution in [0.5, 0.6) is 0 Å². The molecule has 0 spiro atoms. The molecule has 2 fully saturated rings. The van der Waals surface area contributed by atoms with Gasteiger partial charge in [-0.1, -0.05) is 39.7 Å². The molecule has 0 unspecified atom stereocenters. The summed E-state index contributed by atoms with van der Waals surface area (Å²) < 4.78 is 6.32. The standard InChI is InChI=1S/C24H20BrNO4/c1-13-10-16-11-19(13)21-20(16)22(27)26(23(21)28)18-8-4-15(5-9-18)24(29)30-12-14-2-6-17(25)7-3-14/h2-10,16,19-21H,11-12H2,1H3/t16-,19+,20-,21-/m1/s1. The number of amides is 2. The van der Waals surface area contributed by atoms with Gasteiger partial charge in [0, 0.05) is 4.47 Å². The van der Waals surface area contributed by atoms with E-state index in [0.29, 0.717) is 11.3 Å². The fraction of sp³-hybridized carbons (Fsp3) is 0.292. The van der Waals surface area contributed by atoms with Gasteiger partial charge in [-0.15, -0.1) is 0 Å². The highest BCUT2D eigenvalue weighted by molar-refractivity contribution is 9.10. The van der Waals surface area contributed by atoms with Crippen molar-refractivity contribution in [3.63, 3.8) is 0 Å². The van der Waals surface area contributed by atoms with Crippen molar-refractivity contribution in [1.82, 2.24) is 0 Å². The molecule has 2 aromatic carbocycles. The molecular weight excluding hydrogens is 446 g/mol. The number of ether oxygens (including phenoxy) is 1. The Morgan fingerprint density at radius 3 is 2.40 bits per heavy atom. The predicted octanol–water partition coefficient (Wildman–Crippen LogP) is 4.51. The normalized spacial score (nSPS) is 26.7.